The second-order valence-corrected chi connectivity index (χ2v) is 4.76. The predicted molar refractivity (Wildman–Crippen MR) is 62.4 cm³/mol. The first-order valence-electron chi connectivity index (χ1n) is 6.11. The molecular formula is C11H21N5. The van der Waals surface area contributed by atoms with Crippen LogP contribution in [0.15, 0.2) is 6.20 Å². The van der Waals surface area contributed by atoms with Gasteiger partial charge in [0.2, 0.25) is 0 Å². The lowest BCUT2D eigenvalue weighted by Crippen LogP contribution is -2.43. The maximum Gasteiger partial charge on any atom is 0.0843 e. The Bertz CT molecular complexity index is 316. The van der Waals surface area contributed by atoms with Crippen molar-refractivity contribution in [3.8, 4) is 0 Å². The topological polar surface area (TPSA) is 68.8 Å². The summed E-state index contributed by atoms with van der Waals surface area (Å²) in [4.78, 5) is 0. The van der Waals surface area contributed by atoms with Crippen molar-refractivity contribution in [1.29, 1.82) is 0 Å². The zero-order valence-corrected chi connectivity index (χ0v) is 9.89. The molecule has 1 aliphatic rings. The van der Waals surface area contributed by atoms with Gasteiger partial charge in [-0.25, -0.2) is 0 Å². The highest BCUT2D eigenvalue weighted by Gasteiger charge is 2.23. The minimum atomic E-state index is 0.344. The molecule has 0 aliphatic heterocycles. The molecule has 16 heavy (non-hydrogen) atoms. The summed E-state index contributed by atoms with van der Waals surface area (Å²) in [6.07, 6.45) is 9.47. The van der Waals surface area contributed by atoms with Gasteiger partial charge in [0, 0.05) is 25.7 Å². The Morgan fingerprint density at radius 3 is 2.81 bits per heavy atom. The van der Waals surface area contributed by atoms with E-state index in [9.17, 15) is 0 Å². The molecule has 0 amide bonds. The van der Waals surface area contributed by atoms with Crippen LogP contribution in [0.4, 0.5) is 0 Å². The van der Waals surface area contributed by atoms with E-state index in [1.165, 1.54) is 32.1 Å². The third-order valence-corrected chi connectivity index (χ3v) is 3.51. The fourth-order valence-corrected chi connectivity index (χ4v) is 2.61. The number of nitrogens with two attached hydrogens (primary N) is 1. The minimum absolute atomic E-state index is 0.344. The van der Waals surface area contributed by atoms with Crippen molar-refractivity contribution in [2.75, 3.05) is 0 Å². The van der Waals surface area contributed by atoms with E-state index in [0.717, 1.165) is 12.1 Å². The van der Waals surface area contributed by atoms with Gasteiger partial charge in [-0.1, -0.05) is 24.5 Å². The van der Waals surface area contributed by atoms with Gasteiger partial charge >= 0.3 is 0 Å². The standard InChI is InChI=1S/C11H21N5/c1-16-8-10(14-15-16)7-11(13-12)9-5-3-2-4-6-9/h8-9,11,13H,2-7,12H2,1H3. The van der Waals surface area contributed by atoms with Gasteiger partial charge in [0.25, 0.3) is 0 Å². The van der Waals surface area contributed by atoms with Gasteiger partial charge in [-0.05, 0) is 18.8 Å². The largest absolute Gasteiger partial charge is 0.271 e. The van der Waals surface area contributed by atoms with E-state index >= 15 is 0 Å². The minimum Gasteiger partial charge on any atom is -0.271 e. The molecule has 1 unspecified atom stereocenters. The second kappa shape index (κ2) is 5.41. The fourth-order valence-electron chi connectivity index (χ4n) is 2.61. The summed E-state index contributed by atoms with van der Waals surface area (Å²) in [6, 6.07) is 0.344. The number of hydrogen-bond acceptors (Lipinski definition) is 4. The number of hydrogen-bond donors (Lipinski definition) is 2. The molecule has 1 atom stereocenters. The molecule has 1 aromatic heterocycles. The molecule has 1 aromatic rings. The molecule has 0 aromatic carbocycles. The highest BCUT2D eigenvalue weighted by Crippen LogP contribution is 2.27. The zero-order chi connectivity index (χ0) is 11.4. The van der Waals surface area contributed by atoms with Crippen molar-refractivity contribution in [1.82, 2.24) is 20.4 Å². The van der Waals surface area contributed by atoms with Gasteiger partial charge in [0.05, 0.1) is 5.69 Å². The lowest BCUT2D eigenvalue weighted by atomic mass is 9.82. The van der Waals surface area contributed by atoms with E-state index in [4.69, 9.17) is 5.84 Å². The molecule has 90 valence electrons. The first kappa shape index (κ1) is 11.5. The van der Waals surface area contributed by atoms with Crippen molar-refractivity contribution >= 4 is 0 Å². The molecule has 5 nitrogen and oxygen atoms in total. The Hall–Kier alpha value is -0.940. The molecule has 1 heterocycles. The number of hydrazine groups is 1. The maximum atomic E-state index is 5.65. The molecular weight excluding hydrogens is 202 g/mol. The molecule has 3 N–H and O–H groups in total. The average Bonchev–Trinajstić information content (AvgIpc) is 2.73. The first-order chi connectivity index (χ1) is 7.79. The summed E-state index contributed by atoms with van der Waals surface area (Å²) >= 11 is 0. The Labute approximate surface area is 96.4 Å². The third kappa shape index (κ3) is 2.80. The van der Waals surface area contributed by atoms with Crippen LogP contribution in [0.2, 0.25) is 0 Å². The normalized spacial score (nSPS) is 19.9. The Morgan fingerprint density at radius 1 is 1.50 bits per heavy atom. The monoisotopic (exact) mass is 223 g/mol. The highest BCUT2D eigenvalue weighted by molar-refractivity contribution is 4.97. The van der Waals surface area contributed by atoms with Crippen molar-refractivity contribution in [3.63, 3.8) is 0 Å². The smallest absolute Gasteiger partial charge is 0.0843 e. The molecule has 0 spiro atoms. The van der Waals surface area contributed by atoms with Crippen molar-refractivity contribution in [2.24, 2.45) is 18.8 Å². The fraction of sp³-hybridized carbons (Fsp3) is 0.818. The Kier molecular flexibility index (Phi) is 3.90. The van der Waals surface area contributed by atoms with E-state index in [1.54, 1.807) is 4.68 Å². The summed E-state index contributed by atoms with van der Waals surface area (Å²) in [5, 5.41) is 8.06. The summed E-state index contributed by atoms with van der Waals surface area (Å²) in [6.45, 7) is 0. The van der Waals surface area contributed by atoms with Gasteiger partial charge in [-0.3, -0.25) is 16.0 Å². The van der Waals surface area contributed by atoms with E-state index in [2.05, 4.69) is 15.7 Å². The van der Waals surface area contributed by atoms with Crippen LogP contribution >= 0.6 is 0 Å². The second-order valence-electron chi connectivity index (χ2n) is 4.76. The molecule has 0 saturated heterocycles. The summed E-state index contributed by atoms with van der Waals surface area (Å²) < 4.78 is 1.74. The molecule has 0 radical (unpaired) electrons. The molecule has 0 bridgehead atoms. The van der Waals surface area contributed by atoms with Crippen LogP contribution in [0.1, 0.15) is 37.8 Å². The van der Waals surface area contributed by atoms with Crippen LogP contribution in [0.5, 0.6) is 0 Å². The van der Waals surface area contributed by atoms with E-state index in [0.29, 0.717) is 12.0 Å². The van der Waals surface area contributed by atoms with Gasteiger partial charge in [-0.2, -0.15) is 0 Å². The van der Waals surface area contributed by atoms with E-state index in [-0.39, 0.29) is 0 Å². The SMILES string of the molecule is Cn1cc(CC(NN)C2CCCCC2)nn1. The lowest BCUT2D eigenvalue weighted by molar-refractivity contribution is 0.267. The van der Waals surface area contributed by atoms with E-state index in [1.807, 2.05) is 13.2 Å². The summed E-state index contributed by atoms with van der Waals surface area (Å²) in [7, 11) is 1.89. The quantitative estimate of drug-likeness (QED) is 0.584. The number of aromatic nitrogens is 3. The van der Waals surface area contributed by atoms with Crippen LogP contribution in [0, 0.1) is 5.92 Å². The predicted octanol–water partition coefficient (Wildman–Crippen LogP) is 0.770. The molecule has 5 heteroatoms. The average molecular weight is 223 g/mol. The highest BCUT2D eigenvalue weighted by atomic mass is 15.4. The number of nitrogens with one attached hydrogen (secondary N) is 1. The van der Waals surface area contributed by atoms with Crippen LogP contribution < -0.4 is 11.3 Å². The number of rotatable bonds is 4. The maximum absolute atomic E-state index is 5.65. The lowest BCUT2D eigenvalue weighted by Gasteiger charge is -2.29. The van der Waals surface area contributed by atoms with Gasteiger partial charge in [-0.15, -0.1) is 5.10 Å². The van der Waals surface area contributed by atoms with Crippen molar-refractivity contribution < 1.29 is 0 Å². The third-order valence-electron chi connectivity index (χ3n) is 3.51. The van der Waals surface area contributed by atoms with Crippen LogP contribution in [-0.2, 0) is 13.5 Å². The van der Waals surface area contributed by atoms with Crippen LogP contribution in [-0.4, -0.2) is 21.0 Å². The molecule has 1 fully saturated rings. The molecule has 1 aliphatic carbocycles. The summed E-state index contributed by atoms with van der Waals surface area (Å²) in [5.41, 5.74) is 3.98. The van der Waals surface area contributed by atoms with E-state index < -0.39 is 0 Å². The van der Waals surface area contributed by atoms with Gasteiger partial charge in [0.15, 0.2) is 0 Å². The zero-order valence-electron chi connectivity index (χ0n) is 9.89. The Balaban J connectivity index is 1.94. The van der Waals surface area contributed by atoms with Crippen molar-refractivity contribution in [2.45, 2.75) is 44.6 Å². The molecule has 2 rings (SSSR count). The molecule has 1 saturated carbocycles. The number of nitrogens with zero attached hydrogens (tertiary/aromatic N) is 3. The van der Waals surface area contributed by atoms with Gasteiger partial charge < -0.3 is 0 Å². The number of aryl methyl sites for hydroxylation is 1. The first-order valence-corrected chi connectivity index (χ1v) is 6.11. The van der Waals surface area contributed by atoms with Gasteiger partial charge in [0.1, 0.15) is 0 Å². The summed E-state index contributed by atoms with van der Waals surface area (Å²) in [5.74, 6) is 6.35. The Morgan fingerprint density at radius 2 is 2.25 bits per heavy atom. The van der Waals surface area contributed by atoms with Crippen LogP contribution in [0.3, 0.4) is 0 Å². The van der Waals surface area contributed by atoms with Crippen molar-refractivity contribution in [3.05, 3.63) is 11.9 Å². The van der Waals surface area contributed by atoms with Crippen LogP contribution in [0.25, 0.3) is 0 Å².